The average molecular weight is 237 g/mol. The summed E-state index contributed by atoms with van der Waals surface area (Å²) in [7, 11) is 0. The van der Waals surface area contributed by atoms with Crippen molar-refractivity contribution in [3.05, 3.63) is 23.7 Å². The summed E-state index contributed by atoms with van der Waals surface area (Å²) in [6.45, 7) is 5.28. The molecular formula is C14H23NO2. The molecule has 1 saturated carbocycles. The van der Waals surface area contributed by atoms with E-state index in [1.165, 1.54) is 18.4 Å². The van der Waals surface area contributed by atoms with E-state index in [0.717, 1.165) is 24.5 Å². The Kier molecular flexibility index (Phi) is 3.89. The van der Waals surface area contributed by atoms with Crippen molar-refractivity contribution in [1.29, 1.82) is 0 Å². The molecule has 0 saturated heterocycles. The van der Waals surface area contributed by atoms with Crippen molar-refractivity contribution in [2.75, 3.05) is 6.61 Å². The fourth-order valence-electron chi connectivity index (χ4n) is 2.56. The molecule has 1 fully saturated rings. The van der Waals surface area contributed by atoms with Gasteiger partial charge >= 0.3 is 0 Å². The molecule has 0 atom stereocenters. The molecule has 0 aliphatic heterocycles. The highest BCUT2D eigenvalue weighted by atomic mass is 16.3. The van der Waals surface area contributed by atoms with Gasteiger partial charge in [0.25, 0.3) is 0 Å². The second-order valence-corrected chi connectivity index (χ2v) is 5.50. The van der Waals surface area contributed by atoms with E-state index in [1.807, 2.05) is 6.07 Å². The van der Waals surface area contributed by atoms with Gasteiger partial charge in [0.2, 0.25) is 0 Å². The fraction of sp³-hybridized carbons (Fsp3) is 0.714. The predicted molar refractivity (Wildman–Crippen MR) is 67.7 cm³/mol. The normalized spacial score (nSPS) is 29.5. The van der Waals surface area contributed by atoms with E-state index >= 15 is 0 Å². The first kappa shape index (κ1) is 12.7. The van der Waals surface area contributed by atoms with Crippen LogP contribution in [0.4, 0.5) is 0 Å². The lowest BCUT2D eigenvalue weighted by Gasteiger charge is -2.38. The van der Waals surface area contributed by atoms with E-state index in [2.05, 4.69) is 19.2 Å². The highest BCUT2D eigenvalue weighted by Gasteiger charge is 2.33. The number of nitrogens with one attached hydrogen (secondary N) is 1. The summed E-state index contributed by atoms with van der Waals surface area (Å²) in [5, 5.41) is 13.1. The Morgan fingerprint density at radius 2 is 2.18 bits per heavy atom. The third-order valence-corrected chi connectivity index (χ3v) is 4.13. The highest BCUT2D eigenvalue weighted by Crippen LogP contribution is 2.31. The van der Waals surface area contributed by atoms with E-state index in [4.69, 9.17) is 4.42 Å². The molecule has 1 aliphatic rings. The molecule has 0 spiro atoms. The highest BCUT2D eigenvalue weighted by molar-refractivity contribution is 5.14. The third-order valence-electron chi connectivity index (χ3n) is 4.13. The van der Waals surface area contributed by atoms with Gasteiger partial charge < -0.3 is 14.8 Å². The largest absolute Gasteiger partial charge is 0.468 e. The summed E-state index contributed by atoms with van der Waals surface area (Å²) < 4.78 is 5.42. The Labute approximate surface area is 103 Å². The smallest absolute Gasteiger partial charge is 0.120 e. The van der Waals surface area contributed by atoms with E-state index < -0.39 is 0 Å². The standard InChI is InChI=1S/C14H23NO2/c1-11-3-6-14(10-16,7-4-11)15-9-13-12(2)5-8-17-13/h5,8,11,15-16H,3-4,6-7,9-10H2,1-2H3. The lowest BCUT2D eigenvalue weighted by Crippen LogP contribution is -2.50. The fourth-order valence-corrected chi connectivity index (χ4v) is 2.56. The Bertz CT molecular complexity index is 351. The molecule has 0 radical (unpaired) electrons. The molecule has 2 rings (SSSR count). The molecule has 1 aromatic rings. The van der Waals surface area contributed by atoms with Crippen LogP contribution in [0.15, 0.2) is 16.7 Å². The first-order chi connectivity index (χ1) is 8.15. The van der Waals surface area contributed by atoms with Crippen molar-refractivity contribution < 1.29 is 9.52 Å². The summed E-state index contributed by atoms with van der Waals surface area (Å²) in [5.41, 5.74) is 1.08. The van der Waals surface area contributed by atoms with Gasteiger partial charge in [0.15, 0.2) is 0 Å². The number of aryl methyl sites for hydroxylation is 1. The lowest BCUT2D eigenvalue weighted by molar-refractivity contribution is 0.102. The van der Waals surface area contributed by atoms with Gasteiger partial charge in [0.05, 0.1) is 19.4 Å². The van der Waals surface area contributed by atoms with Crippen LogP contribution < -0.4 is 5.32 Å². The van der Waals surface area contributed by atoms with E-state index in [-0.39, 0.29) is 12.1 Å². The topological polar surface area (TPSA) is 45.4 Å². The molecule has 0 bridgehead atoms. The molecule has 1 heterocycles. The van der Waals surface area contributed by atoms with Gasteiger partial charge in [-0.3, -0.25) is 0 Å². The summed E-state index contributed by atoms with van der Waals surface area (Å²) in [6, 6.07) is 1.98. The first-order valence-electron chi connectivity index (χ1n) is 6.54. The molecule has 1 aromatic heterocycles. The zero-order valence-electron chi connectivity index (χ0n) is 10.8. The van der Waals surface area contributed by atoms with Crippen molar-refractivity contribution in [3.8, 4) is 0 Å². The van der Waals surface area contributed by atoms with E-state index in [1.54, 1.807) is 6.26 Å². The van der Waals surface area contributed by atoms with Crippen LogP contribution in [0.1, 0.15) is 43.9 Å². The molecule has 3 heteroatoms. The maximum Gasteiger partial charge on any atom is 0.120 e. The monoisotopic (exact) mass is 237 g/mol. The molecule has 0 unspecified atom stereocenters. The number of hydrogen-bond donors (Lipinski definition) is 2. The zero-order chi connectivity index (χ0) is 12.3. The minimum Gasteiger partial charge on any atom is -0.468 e. The lowest BCUT2D eigenvalue weighted by atomic mass is 9.77. The maximum absolute atomic E-state index is 9.63. The van der Waals surface area contributed by atoms with Crippen LogP contribution in [-0.2, 0) is 6.54 Å². The summed E-state index contributed by atoms with van der Waals surface area (Å²) in [4.78, 5) is 0. The molecule has 0 aromatic carbocycles. The molecule has 1 aliphatic carbocycles. The Hall–Kier alpha value is -0.800. The van der Waals surface area contributed by atoms with E-state index in [0.29, 0.717) is 6.54 Å². The van der Waals surface area contributed by atoms with Crippen molar-refractivity contribution in [2.45, 2.75) is 51.6 Å². The summed E-state index contributed by atoms with van der Waals surface area (Å²) in [6.07, 6.45) is 6.24. The molecule has 17 heavy (non-hydrogen) atoms. The van der Waals surface area contributed by atoms with Crippen molar-refractivity contribution in [3.63, 3.8) is 0 Å². The van der Waals surface area contributed by atoms with Crippen LogP contribution >= 0.6 is 0 Å². The molecule has 2 N–H and O–H groups in total. The van der Waals surface area contributed by atoms with Crippen LogP contribution in [0.3, 0.4) is 0 Å². The van der Waals surface area contributed by atoms with E-state index in [9.17, 15) is 5.11 Å². The molecule has 96 valence electrons. The maximum atomic E-state index is 9.63. The summed E-state index contributed by atoms with van der Waals surface area (Å²) >= 11 is 0. The number of aliphatic hydroxyl groups excluding tert-OH is 1. The number of furan rings is 1. The first-order valence-corrected chi connectivity index (χ1v) is 6.54. The van der Waals surface area contributed by atoms with Gasteiger partial charge in [-0.2, -0.15) is 0 Å². The SMILES string of the molecule is Cc1ccoc1CNC1(CO)CCC(C)CC1. The van der Waals surface area contributed by atoms with Gasteiger partial charge in [0.1, 0.15) is 5.76 Å². The van der Waals surface area contributed by atoms with Gasteiger partial charge in [-0.1, -0.05) is 6.92 Å². The predicted octanol–water partition coefficient (Wildman–Crippen LogP) is 2.62. The van der Waals surface area contributed by atoms with Gasteiger partial charge in [-0.05, 0) is 50.2 Å². The van der Waals surface area contributed by atoms with Crippen LogP contribution in [-0.4, -0.2) is 17.3 Å². The second kappa shape index (κ2) is 5.23. The number of aliphatic hydroxyl groups is 1. The van der Waals surface area contributed by atoms with Gasteiger partial charge in [-0.15, -0.1) is 0 Å². The minimum absolute atomic E-state index is 0.0915. The average Bonchev–Trinajstić information content (AvgIpc) is 2.75. The molecule has 3 nitrogen and oxygen atoms in total. The van der Waals surface area contributed by atoms with Crippen molar-refractivity contribution >= 4 is 0 Å². The zero-order valence-corrected chi connectivity index (χ0v) is 10.8. The van der Waals surface area contributed by atoms with Crippen molar-refractivity contribution in [2.24, 2.45) is 5.92 Å². The Morgan fingerprint density at radius 3 is 2.71 bits per heavy atom. The Morgan fingerprint density at radius 1 is 1.47 bits per heavy atom. The third kappa shape index (κ3) is 2.90. The van der Waals surface area contributed by atoms with Crippen LogP contribution in [0.2, 0.25) is 0 Å². The molecular weight excluding hydrogens is 214 g/mol. The van der Waals surface area contributed by atoms with Crippen LogP contribution in [0, 0.1) is 12.8 Å². The minimum atomic E-state index is -0.0915. The summed E-state index contributed by atoms with van der Waals surface area (Å²) in [5.74, 6) is 1.78. The number of hydrogen-bond acceptors (Lipinski definition) is 3. The second-order valence-electron chi connectivity index (χ2n) is 5.50. The Balaban J connectivity index is 1.94. The quantitative estimate of drug-likeness (QED) is 0.846. The number of rotatable bonds is 4. The van der Waals surface area contributed by atoms with Crippen molar-refractivity contribution in [1.82, 2.24) is 5.32 Å². The van der Waals surface area contributed by atoms with Gasteiger partial charge in [0, 0.05) is 5.54 Å². The molecule has 0 amide bonds. The van der Waals surface area contributed by atoms with Gasteiger partial charge in [-0.25, -0.2) is 0 Å². The van der Waals surface area contributed by atoms with Crippen LogP contribution in [0.25, 0.3) is 0 Å². The van der Waals surface area contributed by atoms with Crippen LogP contribution in [0.5, 0.6) is 0 Å².